The third-order valence-electron chi connectivity index (χ3n) is 2.77. The van der Waals surface area contributed by atoms with Crippen molar-refractivity contribution in [1.82, 2.24) is 14.8 Å². The number of nitrogens with zero attached hydrogens (tertiary/aromatic N) is 4. The fourth-order valence-electron chi connectivity index (χ4n) is 1.77. The summed E-state index contributed by atoms with van der Waals surface area (Å²) in [5, 5.41) is 21.9. The summed E-state index contributed by atoms with van der Waals surface area (Å²) in [6.45, 7) is 4.11. The van der Waals surface area contributed by atoms with Gasteiger partial charge in [-0.25, -0.2) is 0 Å². The van der Waals surface area contributed by atoms with Crippen molar-refractivity contribution < 1.29 is 9.66 Å². The molecule has 0 aliphatic carbocycles. The van der Waals surface area contributed by atoms with Crippen molar-refractivity contribution in [3.05, 3.63) is 40.5 Å². The molecule has 1 heterocycles. The summed E-state index contributed by atoms with van der Waals surface area (Å²) < 4.78 is 7.29. The molecular formula is C13H17N5O3. The van der Waals surface area contributed by atoms with Crippen molar-refractivity contribution in [2.45, 2.75) is 26.5 Å². The molecular weight excluding hydrogens is 274 g/mol. The highest BCUT2D eigenvalue weighted by atomic mass is 16.6. The number of nitro groups is 1. The van der Waals surface area contributed by atoms with Crippen molar-refractivity contribution in [2.24, 2.45) is 7.05 Å². The zero-order valence-electron chi connectivity index (χ0n) is 12.1. The number of hydrogen-bond donors (Lipinski definition) is 1. The summed E-state index contributed by atoms with van der Waals surface area (Å²) in [5.41, 5.74) is 0.673. The number of aryl methyl sites for hydroxylation is 1. The van der Waals surface area contributed by atoms with E-state index < -0.39 is 4.92 Å². The largest absolute Gasteiger partial charge is 0.484 e. The molecule has 0 bridgehead atoms. The number of aromatic nitrogens is 3. The Kier molecular flexibility index (Phi) is 4.36. The molecule has 0 saturated carbocycles. The molecule has 112 valence electrons. The van der Waals surface area contributed by atoms with Crippen LogP contribution in [-0.4, -0.2) is 25.8 Å². The molecule has 2 rings (SSSR count). The molecule has 0 spiro atoms. The molecule has 8 heteroatoms. The Balaban J connectivity index is 2.17. The first-order chi connectivity index (χ1) is 9.97. The second-order valence-electron chi connectivity index (χ2n) is 4.82. The van der Waals surface area contributed by atoms with Gasteiger partial charge in [-0.1, -0.05) is 0 Å². The van der Waals surface area contributed by atoms with Gasteiger partial charge in [-0.15, -0.1) is 10.2 Å². The maximum atomic E-state index is 11.0. The van der Waals surface area contributed by atoms with Crippen molar-refractivity contribution in [1.29, 1.82) is 0 Å². The Bertz CT molecular complexity index is 638. The average Bonchev–Trinajstić information content (AvgIpc) is 2.81. The van der Waals surface area contributed by atoms with E-state index >= 15 is 0 Å². The number of hydrogen-bond acceptors (Lipinski definition) is 6. The number of benzene rings is 1. The van der Waals surface area contributed by atoms with Gasteiger partial charge in [0.15, 0.2) is 11.6 Å². The van der Waals surface area contributed by atoms with E-state index in [1.165, 1.54) is 6.07 Å². The smallest absolute Gasteiger partial charge is 0.311 e. The number of ether oxygens (including phenoxy) is 1. The predicted molar refractivity (Wildman–Crippen MR) is 77.2 cm³/mol. The lowest BCUT2D eigenvalue weighted by Gasteiger charge is -2.12. The maximum Gasteiger partial charge on any atom is 0.311 e. The summed E-state index contributed by atoms with van der Waals surface area (Å²) in [6, 6.07) is 4.69. The zero-order valence-corrected chi connectivity index (χ0v) is 12.1. The minimum atomic E-state index is -0.454. The second-order valence-corrected chi connectivity index (χ2v) is 4.82. The number of nitrogens with one attached hydrogen (secondary N) is 1. The summed E-state index contributed by atoms with van der Waals surface area (Å²) in [5.74, 6) is 1.01. The Morgan fingerprint density at radius 2 is 2.24 bits per heavy atom. The van der Waals surface area contributed by atoms with Crippen LogP contribution in [0.25, 0.3) is 0 Å². The molecule has 0 unspecified atom stereocenters. The third-order valence-corrected chi connectivity index (χ3v) is 2.77. The van der Waals surface area contributed by atoms with Crippen LogP contribution >= 0.6 is 0 Å². The third kappa shape index (κ3) is 3.68. The van der Waals surface area contributed by atoms with Crippen molar-refractivity contribution in [3.8, 4) is 5.75 Å². The first kappa shape index (κ1) is 14.8. The van der Waals surface area contributed by atoms with Crippen molar-refractivity contribution >= 4 is 11.4 Å². The fourth-order valence-corrected chi connectivity index (χ4v) is 1.77. The SMILES string of the molecule is CC(C)Oc1cc(NCc2nncn2C)ccc1[N+](=O)[O-]. The van der Waals surface area contributed by atoms with Crippen LogP contribution in [-0.2, 0) is 13.6 Å². The molecule has 0 saturated heterocycles. The van der Waals surface area contributed by atoms with Crippen molar-refractivity contribution in [3.63, 3.8) is 0 Å². The van der Waals surface area contributed by atoms with Gasteiger partial charge in [0, 0.05) is 24.9 Å². The molecule has 0 radical (unpaired) electrons. The summed E-state index contributed by atoms with van der Waals surface area (Å²) in [4.78, 5) is 10.5. The van der Waals surface area contributed by atoms with Gasteiger partial charge in [0.1, 0.15) is 6.33 Å². The van der Waals surface area contributed by atoms with Crippen LogP contribution in [0.2, 0.25) is 0 Å². The van der Waals surface area contributed by atoms with Crippen LogP contribution in [0.1, 0.15) is 19.7 Å². The molecule has 0 aliphatic rings. The highest BCUT2D eigenvalue weighted by Crippen LogP contribution is 2.31. The van der Waals surface area contributed by atoms with Crippen LogP contribution in [0, 0.1) is 10.1 Å². The van der Waals surface area contributed by atoms with Gasteiger partial charge in [-0.3, -0.25) is 10.1 Å². The molecule has 2 aromatic rings. The van der Waals surface area contributed by atoms with E-state index in [0.717, 1.165) is 11.5 Å². The lowest BCUT2D eigenvalue weighted by Crippen LogP contribution is -2.09. The molecule has 0 atom stereocenters. The van der Waals surface area contributed by atoms with Gasteiger partial charge in [-0.05, 0) is 19.9 Å². The molecule has 1 aromatic heterocycles. The van der Waals surface area contributed by atoms with Crippen LogP contribution in [0.4, 0.5) is 11.4 Å². The normalized spacial score (nSPS) is 10.7. The highest BCUT2D eigenvalue weighted by molar-refractivity contribution is 5.58. The summed E-state index contributed by atoms with van der Waals surface area (Å²) >= 11 is 0. The van der Waals surface area contributed by atoms with Crippen molar-refractivity contribution in [2.75, 3.05) is 5.32 Å². The monoisotopic (exact) mass is 291 g/mol. The molecule has 1 N–H and O–H groups in total. The van der Waals surface area contributed by atoms with Gasteiger partial charge in [0.05, 0.1) is 17.6 Å². The zero-order chi connectivity index (χ0) is 15.4. The minimum Gasteiger partial charge on any atom is -0.484 e. The van der Waals surface area contributed by atoms with E-state index in [1.54, 1.807) is 23.0 Å². The quantitative estimate of drug-likeness (QED) is 0.647. The molecule has 0 amide bonds. The maximum absolute atomic E-state index is 11.0. The minimum absolute atomic E-state index is 0.0482. The van der Waals surface area contributed by atoms with Gasteiger partial charge < -0.3 is 14.6 Å². The van der Waals surface area contributed by atoms with Crippen LogP contribution < -0.4 is 10.1 Å². The van der Waals surface area contributed by atoms with Gasteiger partial charge in [0.25, 0.3) is 0 Å². The predicted octanol–water partition coefficient (Wildman–Crippen LogP) is 2.12. The Morgan fingerprint density at radius 3 is 2.81 bits per heavy atom. The van der Waals surface area contributed by atoms with Gasteiger partial charge in [-0.2, -0.15) is 0 Å². The van der Waals surface area contributed by atoms with Crippen LogP contribution in [0.3, 0.4) is 0 Å². The highest BCUT2D eigenvalue weighted by Gasteiger charge is 2.16. The molecule has 0 aliphatic heterocycles. The number of nitro benzene ring substituents is 1. The molecule has 0 fully saturated rings. The first-order valence-electron chi connectivity index (χ1n) is 6.49. The topological polar surface area (TPSA) is 95.1 Å². The van der Waals surface area contributed by atoms with E-state index in [0.29, 0.717) is 6.54 Å². The lowest BCUT2D eigenvalue weighted by atomic mass is 10.2. The first-order valence-corrected chi connectivity index (χ1v) is 6.49. The molecule has 8 nitrogen and oxygen atoms in total. The standard InChI is InChI=1S/C13H17N5O3/c1-9(2)21-12-6-10(4-5-11(12)18(19)20)14-7-13-16-15-8-17(13)3/h4-6,8-9,14H,7H2,1-3H3. The van der Waals surface area contributed by atoms with Crippen LogP contribution in [0.15, 0.2) is 24.5 Å². The van der Waals surface area contributed by atoms with Crippen LogP contribution in [0.5, 0.6) is 5.75 Å². The van der Waals surface area contributed by atoms with E-state index in [2.05, 4.69) is 15.5 Å². The van der Waals surface area contributed by atoms with E-state index in [4.69, 9.17) is 4.74 Å². The Hall–Kier alpha value is -2.64. The van der Waals surface area contributed by atoms with Gasteiger partial charge in [0.2, 0.25) is 0 Å². The number of anilines is 1. The summed E-state index contributed by atoms with van der Waals surface area (Å²) in [6.07, 6.45) is 1.47. The molecule has 1 aromatic carbocycles. The Morgan fingerprint density at radius 1 is 1.48 bits per heavy atom. The molecule has 21 heavy (non-hydrogen) atoms. The second kappa shape index (κ2) is 6.21. The average molecular weight is 291 g/mol. The van der Waals surface area contributed by atoms with E-state index in [-0.39, 0.29) is 17.5 Å². The fraction of sp³-hybridized carbons (Fsp3) is 0.385. The number of rotatable bonds is 6. The van der Waals surface area contributed by atoms with E-state index in [9.17, 15) is 10.1 Å². The summed E-state index contributed by atoms with van der Waals surface area (Å²) in [7, 11) is 1.85. The Labute approximate surface area is 121 Å². The van der Waals surface area contributed by atoms with E-state index in [1.807, 2.05) is 20.9 Å². The van der Waals surface area contributed by atoms with Gasteiger partial charge >= 0.3 is 5.69 Å². The lowest BCUT2D eigenvalue weighted by molar-refractivity contribution is -0.386.